The van der Waals surface area contributed by atoms with Crippen molar-refractivity contribution in [2.24, 2.45) is 0 Å². The van der Waals surface area contributed by atoms with E-state index in [0.717, 1.165) is 23.5 Å². The van der Waals surface area contributed by atoms with Crippen LogP contribution in [0.5, 0.6) is 5.75 Å². The van der Waals surface area contributed by atoms with Crippen molar-refractivity contribution in [1.82, 2.24) is 19.3 Å². The molecule has 0 saturated carbocycles. The summed E-state index contributed by atoms with van der Waals surface area (Å²) < 4.78 is 9.17. The van der Waals surface area contributed by atoms with Crippen LogP contribution in [0.25, 0.3) is 11.6 Å². The molecule has 4 aromatic rings. The van der Waals surface area contributed by atoms with E-state index in [2.05, 4.69) is 22.4 Å². The second kappa shape index (κ2) is 9.53. The van der Waals surface area contributed by atoms with Gasteiger partial charge >= 0.3 is 0 Å². The molecule has 158 valence electrons. The number of aryl methyl sites for hydroxylation is 1. The lowest BCUT2D eigenvalue weighted by molar-refractivity contribution is -0.113. The van der Waals surface area contributed by atoms with Crippen LogP contribution in [0.3, 0.4) is 0 Å². The van der Waals surface area contributed by atoms with Gasteiger partial charge in [-0.1, -0.05) is 36.9 Å². The normalized spacial score (nSPS) is 10.8. The Kier molecular flexibility index (Phi) is 6.37. The molecule has 0 aliphatic rings. The maximum atomic E-state index is 12.5. The van der Waals surface area contributed by atoms with Crippen molar-refractivity contribution in [3.8, 4) is 17.4 Å². The minimum absolute atomic E-state index is 0.100. The predicted molar refractivity (Wildman–Crippen MR) is 122 cm³/mol. The molecule has 1 N–H and O–H groups in total. The van der Waals surface area contributed by atoms with Crippen LogP contribution in [0.4, 0.5) is 5.69 Å². The molecular formula is C23H23N5O2S. The molecule has 0 unspecified atom stereocenters. The first kappa shape index (κ1) is 20.7. The molecule has 0 radical (unpaired) electrons. The van der Waals surface area contributed by atoms with Crippen molar-refractivity contribution < 1.29 is 9.53 Å². The fourth-order valence-electron chi connectivity index (χ4n) is 3.12. The van der Waals surface area contributed by atoms with E-state index in [-0.39, 0.29) is 11.7 Å². The number of nitrogens with zero attached hydrogens (tertiary/aromatic N) is 4. The van der Waals surface area contributed by atoms with E-state index in [0.29, 0.717) is 11.1 Å². The largest absolute Gasteiger partial charge is 0.497 e. The summed E-state index contributed by atoms with van der Waals surface area (Å²) in [5.41, 5.74) is 2.87. The Morgan fingerprint density at radius 1 is 1.06 bits per heavy atom. The van der Waals surface area contributed by atoms with E-state index in [1.165, 1.54) is 17.3 Å². The molecule has 2 aromatic heterocycles. The Morgan fingerprint density at radius 2 is 1.84 bits per heavy atom. The SMILES string of the molecule is CCc1ccc(NC(=O)CSc2nnc(-n3cccc3)n2-c2cccc(OC)c2)cc1. The highest BCUT2D eigenvalue weighted by Gasteiger charge is 2.17. The molecule has 31 heavy (non-hydrogen) atoms. The van der Waals surface area contributed by atoms with Gasteiger partial charge in [0.2, 0.25) is 11.9 Å². The Bertz CT molecular complexity index is 1150. The third-order valence-corrected chi connectivity index (χ3v) is 5.67. The molecule has 2 aromatic carbocycles. The van der Waals surface area contributed by atoms with Crippen molar-refractivity contribution in [2.45, 2.75) is 18.5 Å². The van der Waals surface area contributed by atoms with E-state index in [1.807, 2.05) is 82.2 Å². The monoisotopic (exact) mass is 433 g/mol. The van der Waals surface area contributed by atoms with Gasteiger partial charge in [-0.2, -0.15) is 0 Å². The van der Waals surface area contributed by atoms with Crippen LogP contribution < -0.4 is 10.1 Å². The molecule has 4 rings (SSSR count). The number of nitrogens with one attached hydrogen (secondary N) is 1. The highest BCUT2D eigenvalue weighted by atomic mass is 32.2. The second-order valence-electron chi connectivity index (χ2n) is 6.80. The average Bonchev–Trinajstić information content (AvgIpc) is 3.48. The molecule has 0 bridgehead atoms. The van der Waals surface area contributed by atoms with Gasteiger partial charge in [-0.3, -0.25) is 13.9 Å². The summed E-state index contributed by atoms with van der Waals surface area (Å²) in [7, 11) is 1.63. The standard InChI is InChI=1S/C23H23N5O2S/c1-3-17-9-11-18(12-10-17)24-21(29)16-31-23-26-25-22(27-13-4-5-14-27)28(23)19-7-6-8-20(15-19)30-2/h4-15H,3,16H2,1-2H3,(H,24,29). The van der Waals surface area contributed by atoms with Crippen molar-refractivity contribution in [1.29, 1.82) is 0 Å². The molecule has 0 fully saturated rings. The van der Waals surface area contributed by atoms with Gasteiger partial charge in [0.05, 0.1) is 18.6 Å². The summed E-state index contributed by atoms with van der Waals surface area (Å²) in [5, 5.41) is 12.2. The Balaban J connectivity index is 1.55. The fourth-order valence-corrected chi connectivity index (χ4v) is 3.86. The number of rotatable bonds is 8. The summed E-state index contributed by atoms with van der Waals surface area (Å²) in [4.78, 5) is 12.5. The van der Waals surface area contributed by atoms with Crippen molar-refractivity contribution in [3.63, 3.8) is 0 Å². The summed E-state index contributed by atoms with van der Waals surface area (Å²) in [6.07, 6.45) is 4.78. The van der Waals surface area contributed by atoms with Crippen molar-refractivity contribution in [3.05, 3.63) is 78.6 Å². The molecule has 0 aliphatic carbocycles. The van der Waals surface area contributed by atoms with Crippen molar-refractivity contribution >= 4 is 23.4 Å². The molecule has 8 heteroatoms. The number of methoxy groups -OCH3 is 1. The van der Waals surface area contributed by atoms with Gasteiger partial charge in [0, 0.05) is 24.1 Å². The minimum Gasteiger partial charge on any atom is -0.497 e. The number of carbonyl (C=O) groups is 1. The fraction of sp³-hybridized carbons (Fsp3) is 0.174. The van der Waals surface area contributed by atoms with Crippen LogP contribution >= 0.6 is 11.8 Å². The zero-order chi connectivity index (χ0) is 21.6. The van der Waals surface area contributed by atoms with Crippen molar-refractivity contribution in [2.75, 3.05) is 18.2 Å². The van der Waals surface area contributed by atoms with Gasteiger partial charge in [-0.05, 0) is 48.4 Å². The zero-order valence-electron chi connectivity index (χ0n) is 17.4. The quantitative estimate of drug-likeness (QED) is 0.418. The van der Waals surface area contributed by atoms with Crippen LogP contribution in [0.15, 0.2) is 78.2 Å². The van der Waals surface area contributed by atoms with E-state index >= 15 is 0 Å². The molecule has 7 nitrogen and oxygen atoms in total. The smallest absolute Gasteiger partial charge is 0.240 e. The number of benzene rings is 2. The molecular weight excluding hydrogens is 410 g/mol. The van der Waals surface area contributed by atoms with Gasteiger partial charge in [-0.25, -0.2) is 0 Å². The number of hydrogen-bond acceptors (Lipinski definition) is 5. The first-order valence-corrected chi connectivity index (χ1v) is 10.9. The number of ether oxygens (including phenoxy) is 1. The number of thioether (sulfide) groups is 1. The highest BCUT2D eigenvalue weighted by Crippen LogP contribution is 2.26. The van der Waals surface area contributed by atoms with Gasteiger partial charge < -0.3 is 10.1 Å². The third-order valence-electron chi connectivity index (χ3n) is 4.74. The topological polar surface area (TPSA) is 74.0 Å². The van der Waals surface area contributed by atoms with Crippen LogP contribution in [0.1, 0.15) is 12.5 Å². The summed E-state index contributed by atoms with van der Waals surface area (Å²) in [6.45, 7) is 2.10. The van der Waals surface area contributed by atoms with Gasteiger partial charge in [0.25, 0.3) is 0 Å². The van der Waals surface area contributed by atoms with Gasteiger partial charge in [0.1, 0.15) is 5.75 Å². The van der Waals surface area contributed by atoms with Crippen LogP contribution in [-0.4, -0.2) is 38.1 Å². The number of anilines is 1. The summed E-state index contributed by atoms with van der Waals surface area (Å²) >= 11 is 1.33. The molecule has 0 atom stereocenters. The number of carbonyl (C=O) groups excluding carboxylic acids is 1. The zero-order valence-corrected chi connectivity index (χ0v) is 18.2. The molecule has 0 aliphatic heterocycles. The summed E-state index contributed by atoms with van der Waals surface area (Å²) in [6, 6.07) is 19.4. The summed E-state index contributed by atoms with van der Waals surface area (Å²) in [5.74, 6) is 1.48. The maximum Gasteiger partial charge on any atom is 0.240 e. The van der Waals surface area contributed by atoms with E-state index in [4.69, 9.17) is 4.74 Å². The second-order valence-corrected chi connectivity index (χ2v) is 7.74. The van der Waals surface area contributed by atoms with E-state index in [9.17, 15) is 4.79 Å². The minimum atomic E-state index is -0.100. The van der Waals surface area contributed by atoms with Gasteiger partial charge in [-0.15, -0.1) is 10.2 Å². The molecule has 0 spiro atoms. The number of amides is 1. The first-order chi connectivity index (χ1) is 15.2. The van der Waals surface area contributed by atoms with E-state index < -0.39 is 0 Å². The first-order valence-electron chi connectivity index (χ1n) is 9.92. The lowest BCUT2D eigenvalue weighted by atomic mass is 10.1. The maximum absolute atomic E-state index is 12.5. The average molecular weight is 434 g/mol. The molecule has 2 heterocycles. The predicted octanol–water partition coefficient (Wildman–Crippen LogP) is 4.36. The van der Waals surface area contributed by atoms with Gasteiger partial charge in [0.15, 0.2) is 5.16 Å². The van der Waals surface area contributed by atoms with Crippen LogP contribution in [-0.2, 0) is 11.2 Å². The lowest BCUT2D eigenvalue weighted by Crippen LogP contribution is -2.14. The van der Waals surface area contributed by atoms with E-state index in [1.54, 1.807) is 7.11 Å². The molecule has 0 saturated heterocycles. The van der Waals surface area contributed by atoms with Crippen LogP contribution in [0.2, 0.25) is 0 Å². The number of hydrogen-bond donors (Lipinski definition) is 1. The van der Waals surface area contributed by atoms with Crippen LogP contribution in [0, 0.1) is 0 Å². The Labute approximate surface area is 185 Å². The third kappa shape index (κ3) is 4.80. The Hall–Kier alpha value is -3.52. The Morgan fingerprint density at radius 3 is 2.55 bits per heavy atom. The lowest BCUT2D eigenvalue weighted by Gasteiger charge is -2.12. The highest BCUT2D eigenvalue weighted by molar-refractivity contribution is 7.99. The molecule has 1 amide bonds. The number of aromatic nitrogens is 4.